The highest BCUT2D eigenvalue weighted by atomic mass is 16.5. The van der Waals surface area contributed by atoms with Gasteiger partial charge in [-0.05, 0) is 53.8 Å². The second-order valence-electron chi connectivity index (χ2n) is 13.6. The molecular formula is C43H52N4O5. The number of ketones is 1. The zero-order chi connectivity index (χ0) is 36.8. The SMILES string of the molecule is CCCCCCCNC(=O)N(C)c1cccc(-c2ccc(C[C@@](CCN3CCOCC3)(Nc3ccccc3C(=O)c3ccccc3)C(=O)O)cc2)c1. The fraction of sp³-hybridized carbons (Fsp3) is 0.372. The second-order valence-corrected chi connectivity index (χ2v) is 13.6. The first-order valence-electron chi connectivity index (χ1n) is 18.5. The van der Waals surface area contributed by atoms with Crippen molar-refractivity contribution in [3.8, 4) is 11.1 Å². The number of aliphatic carboxylic acids is 1. The summed E-state index contributed by atoms with van der Waals surface area (Å²) in [7, 11) is 1.77. The first kappa shape index (κ1) is 38.2. The number of carbonyl (C=O) groups excluding carboxylic acids is 2. The molecule has 1 atom stereocenters. The van der Waals surface area contributed by atoms with Crippen molar-refractivity contribution in [2.24, 2.45) is 0 Å². The van der Waals surface area contributed by atoms with E-state index in [0.717, 1.165) is 48.3 Å². The largest absolute Gasteiger partial charge is 0.479 e. The fourth-order valence-electron chi connectivity index (χ4n) is 6.62. The number of urea groups is 1. The summed E-state index contributed by atoms with van der Waals surface area (Å²) in [6.07, 6.45) is 6.19. The number of nitrogens with one attached hydrogen (secondary N) is 2. The molecule has 0 radical (unpaired) electrons. The molecule has 1 saturated heterocycles. The van der Waals surface area contributed by atoms with E-state index in [2.05, 4.69) is 22.5 Å². The number of hydrogen-bond donors (Lipinski definition) is 3. The lowest BCUT2D eigenvalue weighted by atomic mass is 9.85. The van der Waals surface area contributed by atoms with Crippen LogP contribution in [0.4, 0.5) is 16.2 Å². The molecule has 1 aliphatic rings. The number of hydrogen-bond acceptors (Lipinski definition) is 6. The van der Waals surface area contributed by atoms with Crippen molar-refractivity contribution in [3.63, 3.8) is 0 Å². The quantitative estimate of drug-likeness (QED) is 0.0714. The van der Waals surface area contributed by atoms with Crippen LogP contribution in [0.15, 0.2) is 103 Å². The standard InChI is InChI=1S/C43H52N4O5/c1-3-4-5-6-12-25-44-42(51)46(2)37-17-13-16-36(31-37)34-22-20-33(21-23-34)32-43(41(49)50,24-26-47-27-29-52-30-28-47)45-39-19-11-10-18-38(39)40(48)35-14-8-7-9-15-35/h7-11,13-23,31,45H,3-6,12,24-30,32H2,1-2H3,(H,44,51)(H,49,50)/t43-/m1/s1. The lowest BCUT2D eigenvalue weighted by Gasteiger charge is -2.35. The highest BCUT2D eigenvalue weighted by Crippen LogP contribution is 2.30. The zero-order valence-electron chi connectivity index (χ0n) is 30.5. The van der Waals surface area contributed by atoms with E-state index in [9.17, 15) is 19.5 Å². The predicted molar refractivity (Wildman–Crippen MR) is 208 cm³/mol. The molecule has 1 fully saturated rings. The van der Waals surface area contributed by atoms with Crippen LogP contribution in [0.3, 0.4) is 0 Å². The fourth-order valence-corrected chi connectivity index (χ4v) is 6.62. The Morgan fingerprint density at radius 2 is 1.54 bits per heavy atom. The Hall–Kier alpha value is -4.99. The molecule has 0 saturated carbocycles. The van der Waals surface area contributed by atoms with Crippen LogP contribution in [0, 0.1) is 0 Å². The molecule has 3 N–H and O–H groups in total. The third-order valence-electron chi connectivity index (χ3n) is 9.84. The Morgan fingerprint density at radius 1 is 0.827 bits per heavy atom. The van der Waals surface area contributed by atoms with Crippen LogP contribution in [0.2, 0.25) is 0 Å². The summed E-state index contributed by atoms with van der Waals surface area (Å²) in [5.74, 6) is -1.16. The molecule has 0 aliphatic carbocycles. The van der Waals surface area contributed by atoms with Crippen molar-refractivity contribution in [1.29, 1.82) is 0 Å². The van der Waals surface area contributed by atoms with Crippen molar-refractivity contribution >= 4 is 29.2 Å². The van der Waals surface area contributed by atoms with Crippen LogP contribution in [-0.2, 0) is 16.0 Å². The van der Waals surface area contributed by atoms with Gasteiger partial charge < -0.3 is 20.5 Å². The summed E-state index contributed by atoms with van der Waals surface area (Å²) in [4.78, 5) is 43.7. The second kappa shape index (κ2) is 19.0. The third kappa shape index (κ3) is 10.3. The Labute approximate surface area is 308 Å². The first-order valence-corrected chi connectivity index (χ1v) is 18.5. The summed E-state index contributed by atoms with van der Waals surface area (Å²) >= 11 is 0. The van der Waals surface area contributed by atoms with Gasteiger partial charge in [-0.15, -0.1) is 0 Å². The Kier molecular flexibility index (Phi) is 14.0. The molecule has 5 rings (SSSR count). The minimum Gasteiger partial charge on any atom is -0.479 e. The number of amides is 2. The zero-order valence-corrected chi connectivity index (χ0v) is 30.5. The number of carboxylic acid groups (broad SMARTS) is 1. The molecule has 52 heavy (non-hydrogen) atoms. The van der Waals surface area contributed by atoms with Gasteiger partial charge in [-0.1, -0.05) is 111 Å². The summed E-state index contributed by atoms with van der Waals surface area (Å²) in [5.41, 5.74) is 3.58. The van der Waals surface area contributed by atoms with E-state index in [1.54, 1.807) is 42.3 Å². The van der Waals surface area contributed by atoms with Crippen molar-refractivity contribution in [3.05, 3.63) is 120 Å². The number of carbonyl (C=O) groups is 3. The number of carboxylic acids is 1. The van der Waals surface area contributed by atoms with Gasteiger partial charge >= 0.3 is 12.0 Å². The molecule has 1 heterocycles. The van der Waals surface area contributed by atoms with E-state index in [1.165, 1.54) is 19.3 Å². The van der Waals surface area contributed by atoms with Crippen LogP contribution in [-0.4, -0.2) is 79.8 Å². The van der Waals surface area contributed by atoms with Gasteiger partial charge in [-0.25, -0.2) is 9.59 Å². The minimum atomic E-state index is -1.40. The van der Waals surface area contributed by atoms with E-state index in [1.807, 2.05) is 72.8 Å². The lowest BCUT2D eigenvalue weighted by Crippen LogP contribution is -2.51. The van der Waals surface area contributed by atoms with Crippen molar-refractivity contribution in [1.82, 2.24) is 10.2 Å². The van der Waals surface area contributed by atoms with E-state index < -0.39 is 11.5 Å². The van der Waals surface area contributed by atoms with Crippen molar-refractivity contribution < 1.29 is 24.2 Å². The molecule has 0 spiro atoms. The van der Waals surface area contributed by atoms with E-state index in [4.69, 9.17) is 4.74 Å². The maximum Gasteiger partial charge on any atom is 0.329 e. The average Bonchev–Trinajstić information content (AvgIpc) is 3.19. The average molecular weight is 705 g/mol. The molecule has 0 aromatic heterocycles. The molecule has 274 valence electrons. The molecule has 4 aromatic rings. The number of morpholine rings is 1. The first-order chi connectivity index (χ1) is 25.3. The summed E-state index contributed by atoms with van der Waals surface area (Å²) in [6, 6.07) is 31.8. The normalized spacial score (nSPS) is 14.3. The van der Waals surface area contributed by atoms with Gasteiger partial charge in [-0.3, -0.25) is 14.6 Å². The molecular weight excluding hydrogens is 652 g/mol. The van der Waals surface area contributed by atoms with E-state index in [-0.39, 0.29) is 18.2 Å². The number of unbranched alkanes of at least 4 members (excludes halogenated alkanes) is 4. The summed E-state index contributed by atoms with van der Waals surface area (Å²) < 4.78 is 5.53. The lowest BCUT2D eigenvalue weighted by molar-refractivity contribution is -0.142. The number of rotatable bonds is 18. The number of ether oxygens (including phenoxy) is 1. The van der Waals surface area contributed by atoms with Gasteiger partial charge in [0.25, 0.3) is 0 Å². The van der Waals surface area contributed by atoms with Crippen molar-refractivity contribution in [2.75, 3.05) is 56.7 Å². The van der Waals surface area contributed by atoms with Gasteiger partial charge in [0, 0.05) is 62.1 Å². The van der Waals surface area contributed by atoms with E-state index in [0.29, 0.717) is 49.5 Å². The molecule has 4 aromatic carbocycles. The highest BCUT2D eigenvalue weighted by molar-refractivity contribution is 6.12. The van der Waals surface area contributed by atoms with Gasteiger partial charge in [-0.2, -0.15) is 0 Å². The molecule has 0 bridgehead atoms. The smallest absolute Gasteiger partial charge is 0.329 e. The molecule has 9 heteroatoms. The highest BCUT2D eigenvalue weighted by Gasteiger charge is 2.40. The summed E-state index contributed by atoms with van der Waals surface area (Å²) in [6.45, 7) is 6.11. The molecule has 2 amide bonds. The van der Waals surface area contributed by atoms with Crippen LogP contribution in [0.1, 0.15) is 66.9 Å². The third-order valence-corrected chi connectivity index (χ3v) is 9.84. The van der Waals surface area contributed by atoms with Crippen LogP contribution in [0.5, 0.6) is 0 Å². The number of para-hydroxylation sites is 1. The maximum atomic E-state index is 13.6. The Morgan fingerprint density at radius 3 is 2.27 bits per heavy atom. The maximum absolute atomic E-state index is 13.6. The van der Waals surface area contributed by atoms with Crippen LogP contribution >= 0.6 is 0 Å². The van der Waals surface area contributed by atoms with Gasteiger partial charge in [0.05, 0.1) is 13.2 Å². The molecule has 9 nitrogen and oxygen atoms in total. The predicted octanol–water partition coefficient (Wildman–Crippen LogP) is 7.90. The molecule has 1 aliphatic heterocycles. The van der Waals surface area contributed by atoms with Gasteiger partial charge in [0.2, 0.25) is 0 Å². The number of benzene rings is 4. The monoisotopic (exact) mass is 704 g/mol. The van der Waals surface area contributed by atoms with Gasteiger partial charge in [0.15, 0.2) is 5.78 Å². The number of anilines is 2. The van der Waals surface area contributed by atoms with Crippen molar-refractivity contribution in [2.45, 2.75) is 57.4 Å². The van der Waals surface area contributed by atoms with Crippen LogP contribution < -0.4 is 15.5 Å². The molecule has 0 unspecified atom stereocenters. The minimum absolute atomic E-state index is 0.135. The Balaban J connectivity index is 1.35. The summed E-state index contributed by atoms with van der Waals surface area (Å²) in [5, 5.41) is 17.4. The number of nitrogens with zero attached hydrogens (tertiary/aromatic N) is 2. The van der Waals surface area contributed by atoms with E-state index >= 15 is 0 Å². The Bertz CT molecular complexity index is 1760. The van der Waals surface area contributed by atoms with Crippen LogP contribution in [0.25, 0.3) is 11.1 Å². The van der Waals surface area contributed by atoms with Gasteiger partial charge in [0.1, 0.15) is 5.54 Å². The topological polar surface area (TPSA) is 111 Å².